The average Bonchev–Trinajstić information content (AvgIpc) is 2.33. The van der Waals surface area contributed by atoms with E-state index in [1.54, 1.807) is 41.5 Å². The van der Waals surface area contributed by atoms with Gasteiger partial charge in [0.25, 0.3) is 0 Å². The van der Waals surface area contributed by atoms with Gasteiger partial charge in [0.2, 0.25) is 0 Å². The summed E-state index contributed by atoms with van der Waals surface area (Å²) in [4.78, 5) is 0. The minimum atomic E-state index is -1.52. The van der Waals surface area contributed by atoms with E-state index in [4.69, 9.17) is 0 Å². The van der Waals surface area contributed by atoms with Crippen molar-refractivity contribution in [2.24, 2.45) is 10.8 Å². The second-order valence-corrected chi connectivity index (χ2v) is 7.01. The molecular weight excluding hydrogens is 292 g/mol. The van der Waals surface area contributed by atoms with Gasteiger partial charge < -0.3 is 0 Å². The standard InChI is InChI=1S/C18H18F4/c1-17(2,3)9-7-11-13(19)15(21)12(16(22)14(11)20)8-10-18(4,5)6/h1-6H3. The molecule has 118 valence electrons. The first-order valence-electron chi connectivity index (χ1n) is 6.76. The molecule has 1 aromatic rings. The van der Waals surface area contributed by atoms with Gasteiger partial charge in [-0.1, -0.05) is 23.7 Å². The Labute approximate surface area is 128 Å². The molecule has 0 aromatic heterocycles. The lowest BCUT2D eigenvalue weighted by Crippen LogP contribution is -2.07. The maximum absolute atomic E-state index is 13.9. The summed E-state index contributed by atoms with van der Waals surface area (Å²) < 4.78 is 55.8. The molecule has 22 heavy (non-hydrogen) atoms. The Bertz CT molecular complexity index is 616. The summed E-state index contributed by atoms with van der Waals surface area (Å²) in [6, 6.07) is 0. The zero-order valence-corrected chi connectivity index (χ0v) is 13.5. The molecular formula is C18H18F4. The van der Waals surface area contributed by atoms with Gasteiger partial charge in [0.1, 0.15) is 11.1 Å². The minimum absolute atomic E-state index is 0.559. The summed E-state index contributed by atoms with van der Waals surface area (Å²) in [5.74, 6) is 3.37. The fourth-order valence-corrected chi connectivity index (χ4v) is 1.35. The van der Waals surface area contributed by atoms with Crippen molar-refractivity contribution >= 4 is 0 Å². The van der Waals surface area contributed by atoms with Crippen LogP contribution in [0.4, 0.5) is 17.6 Å². The number of hydrogen-bond donors (Lipinski definition) is 0. The highest BCUT2D eigenvalue weighted by Crippen LogP contribution is 2.24. The molecule has 0 saturated carbocycles. The van der Waals surface area contributed by atoms with Crippen molar-refractivity contribution in [3.63, 3.8) is 0 Å². The van der Waals surface area contributed by atoms with E-state index in [2.05, 4.69) is 23.7 Å². The second kappa shape index (κ2) is 6.05. The first-order valence-corrected chi connectivity index (χ1v) is 6.76. The van der Waals surface area contributed by atoms with Crippen LogP contribution >= 0.6 is 0 Å². The monoisotopic (exact) mass is 310 g/mol. The quantitative estimate of drug-likeness (QED) is 0.358. The second-order valence-electron chi connectivity index (χ2n) is 7.01. The Morgan fingerprint density at radius 2 is 0.773 bits per heavy atom. The van der Waals surface area contributed by atoms with Crippen molar-refractivity contribution in [2.75, 3.05) is 0 Å². The van der Waals surface area contributed by atoms with Crippen molar-refractivity contribution in [1.82, 2.24) is 0 Å². The van der Waals surface area contributed by atoms with Crippen LogP contribution in [0, 0.1) is 57.8 Å². The topological polar surface area (TPSA) is 0 Å². The maximum atomic E-state index is 13.9. The summed E-state index contributed by atoms with van der Waals surface area (Å²) in [6.07, 6.45) is 0. The Kier molecular flexibility index (Phi) is 4.98. The predicted molar refractivity (Wildman–Crippen MR) is 78.9 cm³/mol. The molecule has 0 bridgehead atoms. The largest absolute Gasteiger partial charge is 0.202 e. The van der Waals surface area contributed by atoms with Gasteiger partial charge in [-0.3, -0.25) is 0 Å². The highest BCUT2D eigenvalue weighted by atomic mass is 19.2. The lowest BCUT2D eigenvalue weighted by molar-refractivity contribution is 0.446. The molecule has 0 saturated heterocycles. The lowest BCUT2D eigenvalue weighted by atomic mass is 9.96. The van der Waals surface area contributed by atoms with Crippen LogP contribution in [0.3, 0.4) is 0 Å². The number of halogens is 4. The van der Waals surface area contributed by atoms with Crippen LogP contribution in [0.2, 0.25) is 0 Å². The molecule has 0 atom stereocenters. The molecule has 0 spiro atoms. The molecule has 1 aromatic carbocycles. The molecule has 0 unspecified atom stereocenters. The minimum Gasteiger partial charge on any atom is -0.202 e. The number of rotatable bonds is 0. The van der Waals surface area contributed by atoms with Crippen molar-refractivity contribution in [3.8, 4) is 23.7 Å². The summed E-state index contributed by atoms with van der Waals surface area (Å²) in [6.45, 7) is 10.3. The average molecular weight is 310 g/mol. The van der Waals surface area contributed by atoms with E-state index < -0.39 is 45.2 Å². The molecule has 0 radical (unpaired) electrons. The fraction of sp³-hybridized carbons (Fsp3) is 0.444. The van der Waals surface area contributed by atoms with Gasteiger partial charge in [0, 0.05) is 10.8 Å². The third kappa shape index (κ3) is 4.53. The maximum Gasteiger partial charge on any atom is 0.178 e. The van der Waals surface area contributed by atoms with Gasteiger partial charge >= 0.3 is 0 Å². The third-order valence-electron chi connectivity index (χ3n) is 2.39. The molecule has 0 aliphatic rings. The van der Waals surface area contributed by atoms with Crippen LogP contribution in [-0.4, -0.2) is 0 Å². The van der Waals surface area contributed by atoms with E-state index in [0.717, 1.165) is 0 Å². The van der Waals surface area contributed by atoms with Crippen LogP contribution in [0.25, 0.3) is 0 Å². The van der Waals surface area contributed by atoms with E-state index in [1.807, 2.05) is 0 Å². The molecule has 0 fully saturated rings. The van der Waals surface area contributed by atoms with E-state index in [9.17, 15) is 17.6 Å². The molecule has 0 nitrogen and oxygen atoms in total. The van der Waals surface area contributed by atoms with Gasteiger partial charge in [-0.25, -0.2) is 17.6 Å². The Morgan fingerprint density at radius 3 is 0.955 bits per heavy atom. The zero-order chi connectivity index (χ0) is 17.3. The van der Waals surface area contributed by atoms with E-state index in [0.29, 0.717) is 0 Å². The van der Waals surface area contributed by atoms with Gasteiger partial charge in [-0.15, -0.1) is 0 Å². The first kappa shape index (κ1) is 18.1. The summed E-state index contributed by atoms with van der Waals surface area (Å²) >= 11 is 0. The van der Waals surface area contributed by atoms with Gasteiger partial charge in [-0.2, -0.15) is 0 Å². The van der Waals surface area contributed by atoms with Crippen LogP contribution < -0.4 is 0 Å². The highest BCUT2D eigenvalue weighted by molar-refractivity contribution is 5.47. The SMILES string of the molecule is CC(C)(C)C#Cc1c(F)c(F)c(C#CC(C)(C)C)c(F)c1F. The van der Waals surface area contributed by atoms with Crippen molar-refractivity contribution < 1.29 is 17.6 Å². The normalized spacial score (nSPS) is 11.4. The van der Waals surface area contributed by atoms with Gasteiger partial charge in [0.05, 0.1) is 0 Å². The Balaban J connectivity index is 3.57. The number of hydrogen-bond acceptors (Lipinski definition) is 0. The fourth-order valence-electron chi connectivity index (χ4n) is 1.35. The van der Waals surface area contributed by atoms with E-state index in [1.165, 1.54) is 0 Å². The smallest absolute Gasteiger partial charge is 0.178 e. The molecule has 0 aliphatic heterocycles. The summed E-state index contributed by atoms with van der Waals surface area (Å²) in [5, 5.41) is 0. The molecule has 0 aliphatic carbocycles. The van der Waals surface area contributed by atoms with Crippen LogP contribution in [0.15, 0.2) is 0 Å². The molecule has 0 amide bonds. The Morgan fingerprint density at radius 1 is 0.545 bits per heavy atom. The molecule has 0 N–H and O–H groups in total. The molecule has 4 heteroatoms. The Hall–Kier alpha value is -1.94. The van der Waals surface area contributed by atoms with Crippen LogP contribution in [0.5, 0.6) is 0 Å². The van der Waals surface area contributed by atoms with Crippen molar-refractivity contribution in [2.45, 2.75) is 41.5 Å². The lowest BCUT2D eigenvalue weighted by Gasteiger charge is -2.09. The summed E-state index contributed by atoms with van der Waals surface area (Å²) in [7, 11) is 0. The first-order chi connectivity index (χ1) is 9.83. The molecule has 0 heterocycles. The summed E-state index contributed by atoms with van der Waals surface area (Å²) in [5.41, 5.74) is -2.94. The van der Waals surface area contributed by atoms with Crippen LogP contribution in [0.1, 0.15) is 52.7 Å². The predicted octanol–water partition coefficient (Wildman–Crippen LogP) is 5.04. The number of benzene rings is 1. The van der Waals surface area contributed by atoms with Gasteiger partial charge in [-0.05, 0) is 41.5 Å². The van der Waals surface area contributed by atoms with Gasteiger partial charge in [0.15, 0.2) is 23.3 Å². The van der Waals surface area contributed by atoms with E-state index in [-0.39, 0.29) is 0 Å². The van der Waals surface area contributed by atoms with Crippen LogP contribution in [-0.2, 0) is 0 Å². The zero-order valence-electron chi connectivity index (χ0n) is 13.5. The van der Waals surface area contributed by atoms with Crippen molar-refractivity contribution in [1.29, 1.82) is 0 Å². The van der Waals surface area contributed by atoms with Crippen molar-refractivity contribution in [3.05, 3.63) is 34.4 Å². The molecule has 1 rings (SSSR count). The highest BCUT2D eigenvalue weighted by Gasteiger charge is 2.24. The van der Waals surface area contributed by atoms with E-state index >= 15 is 0 Å². The third-order valence-corrected chi connectivity index (χ3v) is 2.39.